The number of carbonyl (C=O) groups is 1. The van der Waals surface area contributed by atoms with Crippen molar-refractivity contribution in [2.45, 2.75) is 33.1 Å². The zero-order chi connectivity index (χ0) is 16.2. The average molecular weight is 308 g/mol. The van der Waals surface area contributed by atoms with Gasteiger partial charge in [-0.2, -0.15) is 0 Å². The number of allylic oxidation sites excluding steroid dienone is 2. The molecule has 1 atom stereocenters. The number of ether oxygens (including phenoxy) is 1. The van der Waals surface area contributed by atoms with Crippen molar-refractivity contribution >= 4 is 5.97 Å². The second-order valence-electron chi connectivity index (χ2n) is 6.05. The molecule has 1 aromatic carbocycles. The smallest absolute Gasteiger partial charge is 0.314 e. The molecule has 1 aliphatic carbocycles. The van der Waals surface area contributed by atoms with Gasteiger partial charge in [-0.3, -0.25) is 4.79 Å². The maximum atomic E-state index is 12.2. The van der Waals surface area contributed by atoms with Crippen LogP contribution in [-0.2, 0) is 4.79 Å². The summed E-state index contributed by atoms with van der Waals surface area (Å²) in [6.07, 6.45) is 8.33. The molecule has 0 radical (unpaired) electrons. The van der Waals surface area contributed by atoms with Crippen LogP contribution in [0.2, 0.25) is 0 Å². The summed E-state index contributed by atoms with van der Waals surface area (Å²) in [7, 11) is 0. The van der Waals surface area contributed by atoms with Crippen LogP contribution in [-0.4, -0.2) is 15.9 Å². The van der Waals surface area contributed by atoms with Crippen molar-refractivity contribution < 1.29 is 9.53 Å². The highest BCUT2D eigenvalue weighted by atomic mass is 16.5. The number of hydrogen-bond acceptors (Lipinski definition) is 4. The van der Waals surface area contributed by atoms with Crippen LogP contribution < -0.4 is 4.74 Å². The van der Waals surface area contributed by atoms with Crippen molar-refractivity contribution in [3.63, 3.8) is 0 Å². The molecule has 118 valence electrons. The topological polar surface area (TPSA) is 52.1 Å². The number of nitrogens with zero attached hydrogens (tertiary/aromatic N) is 2. The van der Waals surface area contributed by atoms with E-state index in [0.29, 0.717) is 11.6 Å². The number of aromatic nitrogens is 2. The number of hydrogen-bond donors (Lipinski definition) is 0. The third-order valence-corrected chi connectivity index (χ3v) is 4.08. The van der Waals surface area contributed by atoms with Gasteiger partial charge in [0.05, 0.1) is 5.92 Å². The van der Waals surface area contributed by atoms with Gasteiger partial charge in [0, 0.05) is 18.0 Å². The first-order valence-corrected chi connectivity index (χ1v) is 7.88. The van der Waals surface area contributed by atoms with Crippen LogP contribution in [0.4, 0.5) is 0 Å². The normalized spacial score (nSPS) is 17.5. The number of aryl methyl sites for hydroxylation is 1. The Hall–Kier alpha value is -2.49. The van der Waals surface area contributed by atoms with Crippen LogP contribution >= 0.6 is 0 Å². The van der Waals surface area contributed by atoms with Gasteiger partial charge in [-0.15, -0.1) is 0 Å². The Kier molecular flexibility index (Phi) is 4.51. The first kappa shape index (κ1) is 15.4. The van der Waals surface area contributed by atoms with E-state index in [9.17, 15) is 4.79 Å². The molecule has 23 heavy (non-hydrogen) atoms. The molecule has 0 aliphatic heterocycles. The fourth-order valence-electron chi connectivity index (χ4n) is 2.59. The maximum Gasteiger partial charge on any atom is 0.314 e. The molecular weight excluding hydrogens is 288 g/mol. The minimum Gasteiger partial charge on any atom is -0.426 e. The Morgan fingerprint density at radius 3 is 2.43 bits per heavy atom. The van der Waals surface area contributed by atoms with E-state index in [1.54, 1.807) is 24.5 Å². The Bertz CT molecular complexity index is 718. The highest BCUT2D eigenvalue weighted by Gasteiger charge is 2.22. The van der Waals surface area contributed by atoms with Crippen molar-refractivity contribution in [3.05, 3.63) is 53.9 Å². The number of rotatable bonds is 3. The molecule has 0 N–H and O–H groups in total. The maximum absolute atomic E-state index is 12.2. The Balaban J connectivity index is 1.65. The molecule has 0 amide bonds. The lowest BCUT2D eigenvalue weighted by Crippen LogP contribution is -2.22. The summed E-state index contributed by atoms with van der Waals surface area (Å²) < 4.78 is 5.49. The third kappa shape index (κ3) is 3.83. The van der Waals surface area contributed by atoms with E-state index in [0.717, 1.165) is 30.4 Å². The molecule has 0 bridgehead atoms. The molecule has 3 rings (SSSR count). The van der Waals surface area contributed by atoms with E-state index in [1.165, 1.54) is 5.57 Å². The predicted molar refractivity (Wildman–Crippen MR) is 88.9 cm³/mol. The Morgan fingerprint density at radius 1 is 1.13 bits per heavy atom. The minimum atomic E-state index is -0.145. The molecular formula is C19H20N2O2. The summed E-state index contributed by atoms with van der Waals surface area (Å²) in [6, 6.07) is 7.33. The number of benzene rings is 1. The summed E-state index contributed by atoms with van der Waals surface area (Å²) in [5, 5.41) is 0. The van der Waals surface area contributed by atoms with Crippen LogP contribution in [0.3, 0.4) is 0 Å². The molecule has 2 aromatic rings. The zero-order valence-electron chi connectivity index (χ0n) is 13.5. The van der Waals surface area contributed by atoms with Crippen molar-refractivity contribution in [3.8, 4) is 17.1 Å². The first-order chi connectivity index (χ1) is 11.1. The highest BCUT2D eigenvalue weighted by Crippen LogP contribution is 2.26. The number of esters is 1. The van der Waals surface area contributed by atoms with Gasteiger partial charge in [-0.1, -0.05) is 11.6 Å². The lowest BCUT2D eigenvalue weighted by atomic mass is 9.90. The third-order valence-electron chi connectivity index (χ3n) is 4.08. The van der Waals surface area contributed by atoms with Crippen molar-refractivity contribution in [2.24, 2.45) is 5.92 Å². The minimum absolute atomic E-state index is 0.0289. The summed E-state index contributed by atoms with van der Waals surface area (Å²) in [5.74, 6) is 1.06. The van der Waals surface area contributed by atoms with Crippen molar-refractivity contribution in [1.82, 2.24) is 9.97 Å². The van der Waals surface area contributed by atoms with Crippen LogP contribution in [0.1, 0.15) is 31.7 Å². The fraction of sp³-hybridized carbons (Fsp3) is 0.316. The van der Waals surface area contributed by atoms with E-state index < -0.39 is 0 Å². The van der Waals surface area contributed by atoms with Crippen LogP contribution in [0, 0.1) is 12.8 Å². The van der Waals surface area contributed by atoms with Gasteiger partial charge < -0.3 is 4.74 Å². The van der Waals surface area contributed by atoms with Crippen molar-refractivity contribution in [1.29, 1.82) is 0 Å². The predicted octanol–water partition coefficient (Wildman–Crippen LogP) is 4.10. The van der Waals surface area contributed by atoms with Gasteiger partial charge in [-0.05, 0) is 62.9 Å². The van der Waals surface area contributed by atoms with E-state index in [2.05, 4.69) is 23.0 Å². The van der Waals surface area contributed by atoms with Gasteiger partial charge in [0.15, 0.2) is 5.82 Å². The fourth-order valence-corrected chi connectivity index (χ4v) is 2.59. The Labute approximate surface area is 136 Å². The van der Waals surface area contributed by atoms with E-state index in [-0.39, 0.29) is 11.9 Å². The van der Waals surface area contributed by atoms with E-state index >= 15 is 0 Å². The molecule has 0 saturated carbocycles. The van der Waals surface area contributed by atoms with Gasteiger partial charge in [0.1, 0.15) is 5.75 Å². The summed E-state index contributed by atoms with van der Waals surface area (Å²) >= 11 is 0. The molecule has 1 aromatic heterocycles. The number of carbonyl (C=O) groups excluding carboxylic acids is 1. The van der Waals surface area contributed by atoms with E-state index in [4.69, 9.17) is 4.74 Å². The molecule has 4 heteroatoms. The quantitative estimate of drug-likeness (QED) is 0.486. The lowest BCUT2D eigenvalue weighted by Gasteiger charge is -2.18. The molecule has 4 nitrogen and oxygen atoms in total. The van der Waals surface area contributed by atoms with Gasteiger partial charge in [0.2, 0.25) is 0 Å². The molecule has 0 spiro atoms. The molecule has 0 saturated heterocycles. The summed E-state index contributed by atoms with van der Waals surface area (Å²) in [5.41, 5.74) is 3.29. The monoisotopic (exact) mass is 308 g/mol. The second-order valence-corrected chi connectivity index (χ2v) is 6.05. The molecule has 1 aliphatic rings. The molecule has 0 fully saturated rings. The van der Waals surface area contributed by atoms with Crippen molar-refractivity contribution in [2.75, 3.05) is 0 Å². The average Bonchev–Trinajstić information content (AvgIpc) is 2.57. The van der Waals surface area contributed by atoms with E-state index in [1.807, 2.05) is 19.1 Å². The zero-order valence-corrected chi connectivity index (χ0v) is 13.5. The van der Waals surface area contributed by atoms with Crippen LogP contribution in [0.5, 0.6) is 5.75 Å². The van der Waals surface area contributed by atoms with Gasteiger partial charge in [-0.25, -0.2) is 9.97 Å². The first-order valence-electron chi connectivity index (χ1n) is 7.88. The van der Waals surface area contributed by atoms with Gasteiger partial charge in [0.25, 0.3) is 0 Å². The Morgan fingerprint density at radius 2 is 1.83 bits per heavy atom. The van der Waals surface area contributed by atoms with Gasteiger partial charge >= 0.3 is 5.97 Å². The molecule has 1 unspecified atom stereocenters. The summed E-state index contributed by atoms with van der Waals surface area (Å²) in [4.78, 5) is 20.8. The SMILES string of the molecule is CC1=CCC(C(=O)Oc2ccc(-c3ncc(C)cn3)cc2)CC1. The van der Waals surface area contributed by atoms with Crippen LogP contribution in [0.15, 0.2) is 48.3 Å². The summed E-state index contributed by atoms with van der Waals surface area (Å²) in [6.45, 7) is 4.06. The highest BCUT2D eigenvalue weighted by molar-refractivity contribution is 5.75. The largest absolute Gasteiger partial charge is 0.426 e. The standard InChI is InChI=1S/C19H20N2O2/c1-13-3-5-16(6-4-13)19(22)23-17-9-7-15(8-10-17)18-20-11-14(2)12-21-18/h3,7-12,16H,4-6H2,1-2H3. The lowest BCUT2D eigenvalue weighted by molar-refractivity contribution is -0.139. The second kappa shape index (κ2) is 6.73. The molecule has 1 heterocycles. The van der Waals surface area contributed by atoms with Crippen LogP contribution in [0.25, 0.3) is 11.4 Å².